The van der Waals surface area contributed by atoms with Crippen LogP contribution in [0.25, 0.3) is 0 Å². The SMILES string of the molecule is CC1CN(C)C(CO)C(=O)N1. The van der Waals surface area contributed by atoms with Crippen LogP contribution >= 0.6 is 0 Å². The van der Waals surface area contributed by atoms with Crippen molar-refractivity contribution in [3.8, 4) is 0 Å². The van der Waals surface area contributed by atoms with Gasteiger partial charge in [-0.15, -0.1) is 0 Å². The molecule has 1 fully saturated rings. The Balaban J connectivity index is 2.59. The van der Waals surface area contributed by atoms with Crippen molar-refractivity contribution < 1.29 is 9.90 Å². The molecule has 1 rings (SSSR count). The van der Waals surface area contributed by atoms with Crippen LogP contribution in [0.15, 0.2) is 0 Å². The maximum absolute atomic E-state index is 11.1. The first-order valence-corrected chi connectivity index (χ1v) is 3.76. The topological polar surface area (TPSA) is 52.6 Å². The number of amides is 1. The number of aliphatic hydroxyl groups is 1. The van der Waals surface area contributed by atoms with E-state index in [9.17, 15) is 4.79 Å². The summed E-state index contributed by atoms with van der Waals surface area (Å²) in [5, 5.41) is 11.6. The van der Waals surface area contributed by atoms with Crippen LogP contribution in [-0.4, -0.2) is 48.2 Å². The van der Waals surface area contributed by atoms with E-state index < -0.39 is 0 Å². The molecule has 4 nitrogen and oxygen atoms in total. The molecule has 1 amide bonds. The van der Waals surface area contributed by atoms with E-state index in [4.69, 9.17) is 5.11 Å². The summed E-state index contributed by atoms with van der Waals surface area (Å²) in [4.78, 5) is 13.0. The highest BCUT2D eigenvalue weighted by Crippen LogP contribution is 2.03. The number of nitrogens with one attached hydrogen (secondary N) is 1. The maximum atomic E-state index is 11.1. The number of aliphatic hydroxyl groups excluding tert-OH is 1. The van der Waals surface area contributed by atoms with Crippen LogP contribution in [-0.2, 0) is 4.79 Å². The lowest BCUT2D eigenvalue weighted by atomic mass is 10.1. The van der Waals surface area contributed by atoms with Gasteiger partial charge >= 0.3 is 0 Å². The van der Waals surface area contributed by atoms with Gasteiger partial charge in [-0.3, -0.25) is 9.69 Å². The number of nitrogens with zero attached hydrogens (tertiary/aromatic N) is 1. The lowest BCUT2D eigenvalue weighted by Gasteiger charge is -2.34. The van der Waals surface area contributed by atoms with E-state index in [2.05, 4.69) is 5.32 Å². The van der Waals surface area contributed by atoms with Crippen molar-refractivity contribution in [2.24, 2.45) is 0 Å². The molecule has 0 aromatic heterocycles. The number of piperazine rings is 1. The smallest absolute Gasteiger partial charge is 0.239 e. The summed E-state index contributed by atoms with van der Waals surface area (Å²) in [6, 6.07) is -0.165. The first-order chi connectivity index (χ1) is 5.15. The van der Waals surface area contributed by atoms with Crippen molar-refractivity contribution in [1.82, 2.24) is 10.2 Å². The molecule has 0 aliphatic carbocycles. The van der Waals surface area contributed by atoms with Gasteiger partial charge in [0.05, 0.1) is 6.61 Å². The Hall–Kier alpha value is -0.610. The van der Waals surface area contributed by atoms with Gasteiger partial charge in [0.2, 0.25) is 5.91 Å². The third-order valence-electron chi connectivity index (χ3n) is 1.96. The molecule has 0 aromatic carbocycles. The fourth-order valence-electron chi connectivity index (χ4n) is 1.37. The molecular formula is C7H14N2O2. The fraction of sp³-hybridized carbons (Fsp3) is 0.857. The molecule has 1 heterocycles. The average molecular weight is 158 g/mol. The van der Waals surface area contributed by atoms with Crippen molar-refractivity contribution in [3.05, 3.63) is 0 Å². The summed E-state index contributed by atoms with van der Waals surface area (Å²) in [5.74, 6) is -0.0752. The summed E-state index contributed by atoms with van der Waals surface area (Å²) in [5.41, 5.74) is 0. The standard InChI is InChI=1S/C7H14N2O2/c1-5-3-9(2)6(4-10)7(11)8-5/h5-6,10H,3-4H2,1-2H3,(H,8,11). The molecule has 0 spiro atoms. The molecule has 0 aromatic rings. The van der Waals surface area contributed by atoms with Crippen LogP contribution in [0.4, 0.5) is 0 Å². The minimum Gasteiger partial charge on any atom is -0.394 e. The normalized spacial score (nSPS) is 33.5. The number of rotatable bonds is 1. The highest BCUT2D eigenvalue weighted by molar-refractivity contribution is 5.82. The van der Waals surface area contributed by atoms with Gasteiger partial charge in [0.25, 0.3) is 0 Å². The van der Waals surface area contributed by atoms with Crippen LogP contribution in [0.2, 0.25) is 0 Å². The largest absolute Gasteiger partial charge is 0.394 e. The van der Waals surface area contributed by atoms with Crippen molar-refractivity contribution in [2.45, 2.75) is 19.0 Å². The number of hydrogen-bond acceptors (Lipinski definition) is 3. The monoisotopic (exact) mass is 158 g/mol. The van der Waals surface area contributed by atoms with Gasteiger partial charge in [-0.2, -0.15) is 0 Å². The molecule has 0 saturated carbocycles. The van der Waals surface area contributed by atoms with E-state index in [1.165, 1.54) is 0 Å². The highest BCUT2D eigenvalue weighted by Gasteiger charge is 2.29. The van der Waals surface area contributed by atoms with Gasteiger partial charge < -0.3 is 10.4 Å². The van der Waals surface area contributed by atoms with Crippen LogP contribution in [0, 0.1) is 0 Å². The maximum Gasteiger partial charge on any atom is 0.239 e. The molecule has 2 atom stereocenters. The molecule has 0 bridgehead atoms. The lowest BCUT2D eigenvalue weighted by molar-refractivity contribution is -0.131. The Bertz CT molecular complexity index is 161. The Morgan fingerprint density at radius 2 is 2.45 bits per heavy atom. The molecule has 1 saturated heterocycles. The number of likely N-dealkylation sites (N-methyl/N-ethyl adjacent to an activating group) is 1. The third-order valence-corrected chi connectivity index (χ3v) is 1.96. The van der Waals surface area contributed by atoms with E-state index in [0.717, 1.165) is 6.54 Å². The van der Waals surface area contributed by atoms with Gasteiger partial charge in [-0.05, 0) is 14.0 Å². The molecule has 11 heavy (non-hydrogen) atoms. The first-order valence-electron chi connectivity index (χ1n) is 3.76. The minimum atomic E-state index is -0.355. The van der Waals surface area contributed by atoms with Crippen molar-refractivity contribution >= 4 is 5.91 Å². The second-order valence-electron chi connectivity index (χ2n) is 3.05. The molecule has 1 aliphatic heterocycles. The quantitative estimate of drug-likeness (QED) is 0.504. The minimum absolute atomic E-state index is 0.0752. The van der Waals surface area contributed by atoms with Crippen LogP contribution < -0.4 is 5.32 Å². The summed E-state index contributed by atoms with van der Waals surface area (Å²) in [6.45, 7) is 2.65. The molecule has 1 aliphatic rings. The van der Waals surface area contributed by atoms with E-state index in [0.29, 0.717) is 0 Å². The Kier molecular flexibility index (Phi) is 2.46. The van der Waals surface area contributed by atoms with Gasteiger partial charge in [0.15, 0.2) is 0 Å². The highest BCUT2D eigenvalue weighted by atomic mass is 16.3. The third kappa shape index (κ3) is 1.70. The van der Waals surface area contributed by atoms with Gasteiger partial charge in [-0.25, -0.2) is 0 Å². The Morgan fingerprint density at radius 1 is 1.82 bits per heavy atom. The summed E-state index contributed by atoms with van der Waals surface area (Å²) in [7, 11) is 1.84. The number of carbonyl (C=O) groups excluding carboxylic acids is 1. The fourth-order valence-corrected chi connectivity index (χ4v) is 1.37. The van der Waals surface area contributed by atoms with Gasteiger partial charge in [0.1, 0.15) is 6.04 Å². The molecule has 2 N–H and O–H groups in total. The second-order valence-corrected chi connectivity index (χ2v) is 3.05. The van der Waals surface area contributed by atoms with Crippen LogP contribution in [0.1, 0.15) is 6.92 Å². The van der Waals surface area contributed by atoms with E-state index in [1.807, 2.05) is 18.9 Å². The number of hydrogen-bond donors (Lipinski definition) is 2. The summed E-state index contributed by atoms with van der Waals surface area (Å²) < 4.78 is 0. The molecular weight excluding hydrogens is 144 g/mol. The van der Waals surface area contributed by atoms with E-state index in [1.54, 1.807) is 0 Å². The lowest BCUT2D eigenvalue weighted by Crippen LogP contribution is -2.58. The van der Waals surface area contributed by atoms with Crippen molar-refractivity contribution in [1.29, 1.82) is 0 Å². The Labute approximate surface area is 66.2 Å². The molecule has 64 valence electrons. The van der Waals surface area contributed by atoms with E-state index in [-0.39, 0.29) is 24.6 Å². The number of carbonyl (C=O) groups is 1. The zero-order valence-corrected chi connectivity index (χ0v) is 6.87. The predicted molar refractivity (Wildman–Crippen MR) is 41.1 cm³/mol. The predicted octanol–water partition coefficient (Wildman–Crippen LogP) is -1.20. The summed E-state index contributed by atoms with van der Waals surface area (Å²) >= 11 is 0. The zero-order chi connectivity index (χ0) is 8.43. The Morgan fingerprint density at radius 3 is 2.91 bits per heavy atom. The van der Waals surface area contributed by atoms with Crippen molar-refractivity contribution in [2.75, 3.05) is 20.2 Å². The van der Waals surface area contributed by atoms with Crippen LogP contribution in [0.3, 0.4) is 0 Å². The molecule has 4 heteroatoms. The zero-order valence-electron chi connectivity index (χ0n) is 6.87. The molecule has 2 unspecified atom stereocenters. The van der Waals surface area contributed by atoms with Gasteiger partial charge in [-0.1, -0.05) is 0 Å². The van der Waals surface area contributed by atoms with Gasteiger partial charge in [0, 0.05) is 12.6 Å². The van der Waals surface area contributed by atoms with E-state index >= 15 is 0 Å². The second kappa shape index (κ2) is 3.19. The average Bonchev–Trinajstić information content (AvgIpc) is 1.85. The van der Waals surface area contributed by atoms with Crippen molar-refractivity contribution in [3.63, 3.8) is 0 Å². The molecule has 0 radical (unpaired) electrons. The first kappa shape index (κ1) is 8.49. The summed E-state index contributed by atoms with van der Waals surface area (Å²) in [6.07, 6.45) is 0. The van der Waals surface area contributed by atoms with Crippen LogP contribution in [0.5, 0.6) is 0 Å².